The average Bonchev–Trinajstić information content (AvgIpc) is 3.25. The Morgan fingerprint density at radius 1 is 0.903 bits per heavy atom. The van der Waals surface area contributed by atoms with Crippen LogP contribution in [0.25, 0.3) is 0 Å². The summed E-state index contributed by atoms with van der Waals surface area (Å²) in [6.07, 6.45) is 1.74. The lowest BCUT2D eigenvalue weighted by Crippen LogP contribution is -2.37. The third-order valence-corrected chi connectivity index (χ3v) is 7.15. The molecule has 0 unspecified atom stereocenters. The fourth-order valence-electron chi connectivity index (χ4n) is 3.65. The molecule has 0 bridgehead atoms. The first kappa shape index (κ1) is 19.9. The van der Waals surface area contributed by atoms with E-state index in [1.165, 1.54) is 4.31 Å². The topological polar surface area (TPSA) is 84.9 Å². The molecule has 1 saturated heterocycles. The first-order valence-corrected chi connectivity index (χ1v) is 11.5. The second kappa shape index (κ2) is 8.26. The minimum absolute atomic E-state index is 0.224. The number of rotatable bonds is 5. The number of hydrogen-bond donors (Lipinski definition) is 0. The van der Waals surface area contributed by atoms with Gasteiger partial charge in [0.2, 0.25) is 16.0 Å². The van der Waals surface area contributed by atoms with Gasteiger partial charge in [0, 0.05) is 31.4 Å². The lowest BCUT2D eigenvalue weighted by Gasteiger charge is -2.26. The maximum absolute atomic E-state index is 13.2. The summed E-state index contributed by atoms with van der Waals surface area (Å²) < 4.78 is 38.9. The van der Waals surface area contributed by atoms with Crippen LogP contribution in [-0.2, 0) is 27.8 Å². The molecule has 0 radical (unpaired) electrons. The Balaban J connectivity index is 1.31. The van der Waals surface area contributed by atoms with Gasteiger partial charge in [-0.05, 0) is 36.4 Å². The third-order valence-electron chi connectivity index (χ3n) is 5.35. The maximum Gasteiger partial charge on any atom is 0.243 e. The molecular formula is C22H22N4O4S. The summed E-state index contributed by atoms with van der Waals surface area (Å²) in [5.74, 6) is 1.90. The highest BCUT2D eigenvalue weighted by atomic mass is 32.2. The van der Waals surface area contributed by atoms with Gasteiger partial charge >= 0.3 is 0 Å². The predicted molar refractivity (Wildman–Crippen MR) is 114 cm³/mol. The molecule has 0 N–H and O–H groups in total. The van der Waals surface area contributed by atoms with Gasteiger partial charge in [0.15, 0.2) is 0 Å². The number of anilines is 1. The number of fused-ring (bicyclic) bond motifs is 1. The van der Waals surface area contributed by atoms with Gasteiger partial charge in [-0.1, -0.05) is 18.2 Å². The molecule has 31 heavy (non-hydrogen) atoms. The molecule has 0 saturated carbocycles. The predicted octanol–water partition coefficient (Wildman–Crippen LogP) is 2.81. The molecule has 1 aromatic heterocycles. The summed E-state index contributed by atoms with van der Waals surface area (Å²) in [7, 11) is -3.66. The van der Waals surface area contributed by atoms with Gasteiger partial charge in [-0.3, -0.25) is 0 Å². The fourth-order valence-corrected chi connectivity index (χ4v) is 5.03. The highest BCUT2D eigenvalue weighted by molar-refractivity contribution is 7.89. The Morgan fingerprint density at radius 3 is 2.35 bits per heavy atom. The standard InChI is InChI=1S/C22H22N4O4S/c27-31(28,20-8-6-19(7-9-20)30-18-4-2-1-3-5-18)26-15-17-14-23-22(24-21(17)16-26)25-10-12-29-13-11-25/h1-9,14H,10-13,15-16H2. The lowest BCUT2D eigenvalue weighted by molar-refractivity contribution is 0.122. The second-order valence-corrected chi connectivity index (χ2v) is 9.34. The third kappa shape index (κ3) is 4.12. The van der Waals surface area contributed by atoms with Crippen molar-refractivity contribution in [1.82, 2.24) is 14.3 Å². The van der Waals surface area contributed by atoms with Crippen molar-refractivity contribution in [3.05, 3.63) is 72.1 Å². The Morgan fingerprint density at radius 2 is 1.61 bits per heavy atom. The summed E-state index contributed by atoms with van der Waals surface area (Å²) >= 11 is 0. The van der Waals surface area contributed by atoms with Crippen LogP contribution < -0.4 is 9.64 Å². The second-order valence-electron chi connectivity index (χ2n) is 7.40. The number of sulfonamides is 1. The molecular weight excluding hydrogens is 416 g/mol. The van der Waals surface area contributed by atoms with Crippen LogP contribution in [0.3, 0.4) is 0 Å². The van der Waals surface area contributed by atoms with Crippen LogP contribution in [0.4, 0.5) is 5.95 Å². The largest absolute Gasteiger partial charge is 0.457 e. The summed E-state index contributed by atoms with van der Waals surface area (Å²) in [5.41, 5.74) is 1.59. The van der Waals surface area contributed by atoms with Crippen molar-refractivity contribution < 1.29 is 17.9 Å². The SMILES string of the molecule is O=S(=O)(c1ccc(Oc2ccccc2)cc1)N1Cc2cnc(N3CCOCC3)nc2C1. The van der Waals surface area contributed by atoms with E-state index in [0.29, 0.717) is 30.7 Å². The number of benzene rings is 2. The zero-order valence-corrected chi connectivity index (χ0v) is 17.7. The molecule has 3 heterocycles. The monoisotopic (exact) mass is 438 g/mol. The van der Waals surface area contributed by atoms with Gasteiger partial charge in [-0.15, -0.1) is 0 Å². The van der Waals surface area contributed by atoms with Gasteiger partial charge in [0.05, 0.1) is 30.3 Å². The molecule has 160 valence electrons. The summed E-state index contributed by atoms with van der Waals surface area (Å²) in [4.78, 5) is 11.4. The lowest BCUT2D eigenvalue weighted by atomic mass is 10.3. The molecule has 3 aromatic rings. The molecule has 5 rings (SSSR count). The first-order valence-electron chi connectivity index (χ1n) is 10.1. The fraction of sp³-hybridized carbons (Fsp3) is 0.273. The van der Waals surface area contributed by atoms with E-state index in [1.807, 2.05) is 30.3 Å². The Bertz CT molecular complexity index is 1160. The molecule has 0 aliphatic carbocycles. The minimum atomic E-state index is -3.66. The molecule has 1 fully saturated rings. The van der Waals surface area contributed by atoms with Crippen LogP contribution in [0.15, 0.2) is 65.7 Å². The van der Waals surface area contributed by atoms with E-state index >= 15 is 0 Å². The van der Waals surface area contributed by atoms with Crippen molar-refractivity contribution in [2.75, 3.05) is 31.2 Å². The summed E-state index contributed by atoms with van der Waals surface area (Å²) in [5, 5.41) is 0. The van der Waals surface area contributed by atoms with E-state index in [0.717, 1.165) is 24.3 Å². The summed E-state index contributed by atoms with van der Waals surface area (Å²) in [6, 6.07) is 15.8. The average molecular weight is 439 g/mol. The van der Waals surface area contributed by atoms with Crippen LogP contribution in [0.1, 0.15) is 11.3 Å². The zero-order chi connectivity index (χ0) is 21.3. The Kier molecular flexibility index (Phi) is 5.31. The number of aromatic nitrogens is 2. The number of ether oxygens (including phenoxy) is 2. The van der Waals surface area contributed by atoms with E-state index in [-0.39, 0.29) is 18.0 Å². The number of para-hydroxylation sites is 1. The highest BCUT2D eigenvalue weighted by Crippen LogP contribution is 2.30. The van der Waals surface area contributed by atoms with E-state index in [1.54, 1.807) is 30.5 Å². The zero-order valence-electron chi connectivity index (χ0n) is 16.8. The van der Waals surface area contributed by atoms with Crippen molar-refractivity contribution in [2.24, 2.45) is 0 Å². The molecule has 2 aromatic carbocycles. The molecule has 0 amide bonds. The van der Waals surface area contributed by atoms with Crippen LogP contribution in [0, 0.1) is 0 Å². The normalized spacial score (nSPS) is 16.8. The van der Waals surface area contributed by atoms with Gasteiger partial charge in [0.1, 0.15) is 11.5 Å². The van der Waals surface area contributed by atoms with E-state index < -0.39 is 10.0 Å². The van der Waals surface area contributed by atoms with Gasteiger partial charge < -0.3 is 14.4 Å². The Hall–Kier alpha value is -3.01. The van der Waals surface area contributed by atoms with Crippen molar-refractivity contribution in [3.63, 3.8) is 0 Å². The van der Waals surface area contributed by atoms with Gasteiger partial charge in [0.25, 0.3) is 0 Å². The van der Waals surface area contributed by atoms with Crippen LogP contribution in [0.5, 0.6) is 11.5 Å². The van der Waals surface area contributed by atoms with Gasteiger partial charge in [-0.2, -0.15) is 4.31 Å². The molecule has 8 nitrogen and oxygen atoms in total. The highest BCUT2D eigenvalue weighted by Gasteiger charge is 2.32. The van der Waals surface area contributed by atoms with E-state index in [2.05, 4.69) is 14.9 Å². The van der Waals surface area contributed by atoms with E-state index in [4.69, 9.17) is 9.47 Å². The van der Waals surface area contributed by atoms with Crippen molar-refractivity contribution in [3.8, 4) is 11.5 Å². The molecule has 2 aliphatic heterocycles. The van der Waals surface area contributed by atoms with Crippen molar-refractivity contribution in [1.29, 1.82) is 0 Å². The van der Waals surface area contributed by atoms with Crippen LogP contribution in [0.2, 0.25) is 0 Å². The molecule has 0 atom stereocenters. The van der Waals surface area contributed by atoms with Crippen LogP contribution in [-0.4, -0.2) is 49.0 Å². The van der Waals surface area contributed by atoms with Crippen molar-refractivity contribution in [2.45, 2.75) is 18.0 Å². The molecule has 0 spiro atoms. The summed E-state index contributed by atoms with van der Waals surface area (Å²) in [6.45, 7) is 3.26. The smallest absolute Gasteiger partial charge is 0.243 e. The van der Waals surface area contributed by atoms with Gasteiger partial charge in [-0.25, -0.2) is 18.4 Å². The number of nitrogens with zero attached hydrogens (tertiary/aromatic N) is 4. The number of morpholine rings is 1. The van der Waals surface area contributed by atoms with Crippen LogP contribution >= 0.6 is 0 Å². The van der Waals surface area contributed by atoms with Crippen molar-refractivity contribution >= 4 is 16.0 Å². The number of hydrogen-bond acceptors (Lipinski definition) is 7. The quantitative estimate of drug-likeness (QED) is 0.606. The maximum atomic E-state index is 13.2. The Labute approximate surface area is 181 Å². The minimum Gasteiger partial charge on any atom is -0.457 e. The first-order chi connectivity index (χ1) is 15.1. The molecule has 2 aliphatic rings. The molecule has 9 heteroatoms. The van der Waals surface area contributed by atoms with E-state index in [9.17, 15) is 8.42 Å².